The molecule has 0 aliphatic carbocycles. The molecule has 1 aliphatic rings. The molecule has 2 aromatic heterocycles. The highest BCUT2D eigenvalue weighted by Gasteiger charge is 2.43. The fraction of sp³-hybridized carbons (Fsp3) is 0.412. The van der Waals surface area contributed by atoms with E-state index in [1.165, 1.54) is 6.26 Å². The van der Waals surface area contributed by atoms with Crippen LogP contribution in [0, 0.1) is 0 Å². The number of hydrogen-bond acceptors (Lipinski definition) is 5. The largest absolute Gasteiger partial charge is 0.472 e. The van der Waals surface area contributed by atoms with E-state index in [2.05, 4.69) is 12.2 Å². The molecule has 6 nitrogen and oxygen atoms in total. The summed E-state index contributed by atoms with van der Waals surface area (Å²) in [6.07, 6.45) is 6.56. The van der Waals surface area contributed by atoms with E-state index in [1.54, 1.807) is 41.3 Å². The first kappa shape index (κ1) is 16.7. The fourth-order valence-electron chi connectivity index (χ4n) is 2.66. The van der Waals surface area contributed by atoms with Crippen LogP contribution in [0.5, 0.6) is 0 Å². The molecular weight excluding hydrogens is 328 g/mol. The van der Waals surface area contributed by atoms with Gasteiger partial charge in [-0.25, -0.2) is 0 Å². The number of amides is 2. The minimum atomic E-state index is -0.524. The smallest absolute Gasteiger partial charge is 0.291 e. The molecule has 1 saturated heterocycles. The van der Waals surface area contributed by atoms with Crippen LogP contribution in [0.25, 0.3) is 0 Å². The van der Waals surface area contributed by atoms with Crippen LogP contribution in [0.2, 0.25) is 0 Å². The van der Waals surface area contributed by atoms with Crippen molar-refractivity contribution in [1.82, 2.24) is 10.2 Å². The van der Waals surface area contributed by atoms with E-state index in [9.17, 15) is 9.59 Å². The first-order valence-electron chi connectivity index (χ1n) is 8.00. The first-order chi connectivity index (χ1) is 11.7. The predicted octanol–water partition coefficient (Wildman–Crippen LogP) is 3.05. The lowest BCUT2D eigenvalue weighted by molar-refractivity contribution is -0.124. The molecule has 128 valence electrons. The summed E-state index contributed by atoms with van der Waals surface area (Å²) >= 11 is 1.55. The number of carbonyl (C=O) groups excluding carboxylic acids is 2. The standard InChI is InChI=1S/C17H20N2O4S/c1-2-3-7-18-15(20)13-11-24-17(12-6-9-22-10-12)19(13)16(21)14-5-4-8-23-14/h4-6,8-10,13,17H,2-3,7,11H2,1H3,(H,18,20). The van der Waals surface area contributed by atoms with Gasteiger partial charge in [-0.15, -0.1) is 11.8 Å². The van der Waals surface area contributed by atoms with Gasteiger partial charge >= 0.3 is 0 Å². The maximum Gasteiger partial charge on any atom is 0.291 e. The Labute approximate surface area is 144 Å². The SMILES string of the molecule is CCCCNC(=O)C1CSC(c2ccoc2)N1C(=O)c1ccco1. The molecule has 2 aromatic rings. The zero-order valence-corrected chi connectivity index (χ0v) is 14.3. The predicted molar refractivity (Wildman–Crippen MR) is 90.5 cm³/mol. The maximum absolute atomic E-state index is 12.9. The van der Waals surface area contributed by atoms with Crippen LogP contribution >= 0.6 is 11.8 Å². The molecule has 2 atom stereocenters. The third kappa shape index (κ3) is 3.36. The van der Waals surface area contributed by atoms with Crippen molar-refractivity contribution < 1.29 is 18.4 Å². The van der Waals surface area contributed by atoms with Gasteiger partial charge in [0.05, 0.1) is 18.8 Å². The summed E-state index contributed by atoms with van der Waals surface area (Å²) in [5, 5.41) is 2.66. The van der Waals surface area contributed by atoms with Gasteiger partial charge in [-0.1, -0.05) is 13.3 Å². The van der Waals surface area contributed by atoms with Crippen molar-refractivity contribution in [2.24, 2.45) is 0 Å². The second-order valence-corrected chi connectivity index (χ2v) is 6.71. The van der Waals surface area contributed by atoms with Gasteiger partial charge < -0.3 is 19.1 Å². The third-order valence-corrected chi connectivity index (χ3v) is 5.25. The van der Waals surface area contributed by atoms with Gasteiger partial charge in [0, 0.05) is 17.9 Å². The van der Waals surface area contributed by atoms with Crippen LogP contribution in [0.4, 0.5) is 0 Å². The summed E-state index contributed by atoms with van der Waals surface area (Å²) in [6.45, 7) is 2.69. The van der Waals surface area contributed by atoms with Crippen LogP contribution in [0.3, 0.4) is 0 Å². The second kappa shape index (κ2) is 7.61. The average Bonchev–Trinajstić information content (AvgIpc) is 3.34. The molecule has 0 bridgehead atoms. The molecular formula is C17H20N2O4S. The molecule has 0 saturated carbocycles. The Hall–Kier alpha value is -2.15. The Morgan fingerprint density at radius 2 is 2.25 bits per heavy atom. The molecule has 1 aliphatic heterocycles. The van der Waals surface area contributed by atoms with Gasteiger partial charge in [-0.2, -0.15) is 0 Å². The van der Waals surface area contributed by atoms with E-state index >= 15 is 0 Å². The Bertz CT molecular complexity index is 669. The molecule has 1 fully saturated rings. The van der Waals surface area contributed by atoms with Gasteiger partial charge in [-0.3, -0.25) is 9.59 Å². The van der Waals surface area contributed by atoms with Crippen molar-refractivity contribution in [2.45, 2.75) is 31.2 Å². The molecule has 2 unspecified atom stereocenters. The van der Waals surface area contributed by atoms with Crippen molar-refractivity contribution in [3.8, 4) is 0 Å². The third-order valence-electron chi connectivity index (χ3n) is 3.93. The molecule has 3 rings (SSSR count). The minimum absolute atomic E-state index is 0.123. The molecule has 1 N–H and O–H groups in total. The van der Waals surface area contributed by atoms with Gasteiger partial charge in [-0.05, 0) is 24.6 Å². The van der Waals surface area contributed by atoms with Crippen LogP contribution < -0.4 is 5.32 Å². The summed E-state index contributed by atoms with van der Waals surface area (Å²) in [6, 6.07) is 4.57. The number of nitrogens with zero attached hydrogens (tertiary/aromatic N) is 1. The highest BCUT2D eigenvalue weighted by molar-refractivity contribution is 7.99. The van der Waals surface area contributed by atoms with E-state index in [-0.39, 0.29) is 22.9 Å². The van der Waals surface area contributed by atoms with Crippen LogP contribution in [-0.2, 0) is 4.79 Å². The summed E-state index contributed by atoms with van der Waals surface area (Å²) in [5.41, 5.74) is 0.865. The van der Waals surface area contributed by atoms with Crippen molar-refractivity contribution >= 4 is 23.6 Å². The zero-order chi connectivity index (χ0) is 16.9. The van der Waals surface area contributed by atoms with E-state index in [4.69, 9.17) is 8.83 Å². The summed E-state index contributed by atoms with van der Waals surface area (Å²) in [4.78, 5) is 27.0. The van der Waals surface area contributed by atoms with Crippen LogP contribution in [0.15, 0.2) is 45.8 Å². The Morgan fingerprint density at radius 1 is 1.38 bits per heavy atom. The van der Waals surface area contributed by atoms with E-state index in [1.807, 2.05) is 6.07 Å². The normalized spacial score (nSPS) is 20.3. The Morgan fingerprint density at radius 3 is 2.92 bits per heavy atom. The monoisotopic (exact) mass is 348 g/mol. The minimum Gasteiger partial charge on any atom is -0.472 e. The van der Waals surface area contributed by atoms with Crippen LogP contribution in [-0.4, -0.2) is 35.1 Å². The number of hydrogen-bond donors (Lipinski definition) is 1. The molecule has 7 heteroatoms. The van der Waals surface area contributed by atoms with Crippen molar-refractivity contribution in [3.05, 3.63) is 48.3 Å². The number of rotatable bonds is 6. The molecule has 0 aromatic carbocycles. The van der Waals surface area contributed by atoms with Gasteiger partial charge in [0.25, 0.3) is 5.91 Å². The number of unbranched alkanes of at least 4 members (excludes halogenated alkanes) is 1. The molecule has 2 amide bonds. The summed E-state index contributed by atoms with van der Waals surface area (Å²) in [5.74, 6) is 0.367. The summed E-state index contributed by atoms with van der Waals surface area (Å²) < 4.78 is 10.4. The zero-order valence-electron chi connectivity index (χ0n) is 13.4. The maximum atomic E-state index is 12.9. The quantitative estimate of drug-likeness (QED) is 0.812. The van der Waals surface area contributed by atoms with Gasteiger partial charge in [0.1, 0.15) is 11.4 Å². The Balaban J connectivity index is 1.82. The van der Waals surface area contributed by atoms with Crippen molar-refractivity contribution in [2.75, 3.05) is 12.3 Å². The number of furan rings is 2. The van der Waals surface area contributed by atoms with E-state index < -0.39 is 6.04 Å². The lowest BCUT2D eigenvalue weighted by Crippen LogP contribution is -2.48. The highest BCUT2D eigenvalue weighted by Crippen LogP contribution is 2.42. The first-order valence-corrected chi connectivity index (χ1v) is 9.04. The number of thioether (sulfide) groups is 1. The number of carbonyl (C=O) groups is 2. The van der Waals surface area contributed by atoms with E-state index in [0.717, 1.165) is 18.4 Å². The number of nitrogens with one attached hydrogen (secondary N) is 1. The molecule has 24 heavy (non-hydrogen) atoms. The highest BCUT2D eigenvalue weighted by atomic mass is 32.2. The molecule has 0 radical (unpaired) electrons. The second-order valence-electron chi connectivity index (χ2n) is 5.59. The fourth-order valence-corrected chi connectivity index (χ4v) is 4.07. The van der Waals surface area contributed by atoms with Crippen molar-refractivity contribution in [3.63, 3.8) is 0 Å². The van der Waals surface area contributed by atoms with Crippen molar-refractivity contribution in [1.29, 1.82) is 0 Å². The summed E-state index contributed by atoms with van der Waals surface area (Å²) in [7, 11) is 0. The van der Waals surface area contributed by atoms with Gasteiger partial charge in [0.15, 0.2) is 5.76 Å². The lowest BCUT2D eigenvalue weighted by Gasteiger charge is -2.27. The topological polar surface area (TPSA) is 75.7 Å². The van der Waals surface area contributed by atoms with Gasteiger partial charge in [0.2, 0.25) is 5.91 Å². The lowest BCUT2D eigenvalue weighted by atomic mass is 10.2. The molecule has 0 spiro atoms. The van der Waals surface area contributed by atoms with Crippen LogP contribution in [0.1, 0.15) is 41.3 Å². The average molecular weight is 348 g/mol. The Kier molecular flexibility index (Phi) is 5.30. The van der Waals surface area contributed by atoms with E-state index in [0.29, 0.717) is 12.3 Å². The molecule has 3 heterocycles.